The third-order valence-corrected chi connectivity index (χ3v) is 5.38. The van der Waals surface area contributed by atoms with E-state index in [4.69, 9.17) is 5.73 Å². The standard InChI is InChI=1S/C14H25N5O3S/c1-11(2)19-5-4-16-13(19)10-17-6-7-18(23(3,21)22)9-12(8-17)14(15)20/h4-5,11-12H,6-10H2,1-3H3,(H2,15,20)/t12-/m0/s1. The van der Waals surface area contributed by atoms with Gasteiger partial charge < -0.3 is 10.3 Å². The zero-order valence-corrected chi connectivity index (χ0v) is 14.7. The van der Waals surface area contributed by atoms with Crippen molar-refractivity contribution in [2.24, 2.45) is 11.7 Å². The minimum Gasteiger partial charge on any atom is -0.369 e. The fourth-order valence-electron chi connectivity index (χ4n) is 2.81. The third kappa shape index (κ3) is 4.52. The van der Waals surface area contributed by atoms with E-state index in [9.17, 15) is 13.2 Å². The van der Waals surface area contributed by atoms with Gasteiger partial charge in [0.05, 0.1) is 18.7 Å². The van der Waals surface area contributed by atoms with Gasteiger partial charge in [-0.1, -0.05) is 0 Å². The lowest BCUT2D eigenvalue weighted by Crippen LogP contribution is -2.40. The van der Waals surface area contributed by atoms with Crippen molar-refractivity contribution in [3.05, 3.63) is 18.2 Å². The topological polar surface area (TPSA) is 102 Å². The molecule has 2 N–H and O–H groups in total. The van der Waals surface area contributed by atoms with Gasteiger partial charge in [0.15, 0.2) is 0 Å². The normalized spacial score (nSPS) is 21.5. The van der Waals surface area contributed by atoms with Crippen molar-refractivity contribution in [1.82, 2.24) is 18.8 Å². The highest BCUT2D eigenvalue weighted by Crippen LogP contribution is 2.16. The minimum absolute atomic E-state index is 0.142. The molecule has 1 atom stereocenters. The maximum absolute atomic E-state index is 11.8. The molecule has 9 heteroatoms. The molecule has 0 saturated carbocycles. The Morgan fingerprint density at radius 3 is 2.65 bits per heavy atom. The van der Waals surface area contributed by atoms with Gasteiger partial charge in [0.2, 0.25) is 15.9 Å². The molecule has 1 saturated heterocycles. The average molecular weight is 343 g/mol. The Bertz CT molecular complexity index is 655. The summed E-state index contributed by atoms with van der Waals surface area (Å²) in [7, 11) is -3.34. The number of primary amides is 1. The summed E-state index contributed by atoms with van der Waals surface area (Å²) in [4.78, 5) is 18.1. The maximum atomic E-state index is 11.8. The number of nitrogens with zero attached hydrogens (tertiary/aromatic N) is 4. The van der Waals surface area contributed by atoms with Crippen LogP contribution in [0.25, 0.3) is 0 Å². The first-order chi connectivity index (χ1) is 10.7. The number of carbonyl (C=O) groups is 1. The van der Waals surface area contributed by atoms with Crippen LogP contribution in [0.15, 0.2) is 12.4 Å². The Labute approximate surface area is 137 Å². The smallest absolute Gasteiger partial charge is 0.223 e. The molecular formula is C14H25N5O3S. The van der Waals surface area contributed by atoms with E-state index in [0.29, 0.717) is 32.2 Å². The van der Waals surface area contributed by atoms with Crippen molar-refractivity contribution in [3.8, 4) is 0 Å². The van der Waals surface area contributed by atoms with Gasteiger partial charge in [-0.2, -0.15) is 0 Å². The van der Waals surface area contributed by atoms with Gasteiger partial charge in [0, 0.05) is 44.6 Å². The molecule has 0 aromatic carbocycles. The number of imidazole rings is 1. The molecular weight excluding hydrogens is 318 g/mol. The molecule has 0 bridgehead atoms. The zero-order valence-electron chi connectivity index (χ0n) is 13.8. The summed E-state index contributed by atoms with van der Waals surface area (Å²) < 4.78 is 27.0. The number of amides is 1. The van der Waals surface area contributed by atoms with Gasteiger partial charge in [0.1, 0.15) is 5.82 Å². The van der Waals surface area contributed by atoms with Crippen LogP contribution < -0.4 is 5.73 Å². The van der Waals surface area contributed by atoms with E-state index < -0.39 is 21.8 Å². The van der Waals surface area contributed by atoms with Crippen LogP contribution >= 0.6 is 0 Å². The number of aromatic nitrogens is 2. The molecule has 1 aromatic rings. The first-order valence-corrected chi connectivity index (χ1v) is 9.51. The molecule has 130 valence electrons. The number of rotatable bonds is 5. The molecule has 0 spiro atoms. The van der Waals surface area contributed by atoms with E-state index in [1.165, 1.54) is 4.31 Å². The number of sulfonamides is 1. The SMILES string of the molecule is CC(C)n1ccnc1CN1CCN(S(C)(=O)=O)C[C@@H](C(N)=O)C1. The number of hydrogen-bond donors (Lipinski definition) is 1. The summed E-state index contributed by atoms with van der Waals surface area (Å²) in [6, 6.07) is 0.291. The van der Waals surface area contributed by atoms with E-state index in [0.717, 1.165) is 12.1 Å². The van der Waals surface area contributed by atoms with E-state index in [2.05, 4.69) is 23.4 Å². The molecule has 2 rings (SSSR count). The summed E-state index contributed by atoms with van der Waals surface area (Å²) in [5, 5.41) is 0. The second-order valence-corrected chi connectivity index (χ2v) is 8.28. The van der Waals surface area contributed by atoms with E-state index in [1.54, 1.807) is 6.20 Å². The molecule has 0 radical (unpaired) electrons. The predicted molar refractivity (Wildman–Crippen MR) is 87.0 cm³/mol. The van der Waals surface area contributed by atoms with Crippen LogP contribution in [0, 0.1) is 5.92 Å². The lowest BCUT2D eigenvalue weighted by Gasteiger charge is -2.23. The highest BCUT2D eigenvalue weighted by atomic mass is 32.2. The van der Waals surface area contributed by atoms with Crippen molar-refractivity contribution < 1.29 is 13.2 Å². The molecule has 1 amide bonds. The fraction of sp³-hybridized carbons (Fsp3) is 0.714. The molecule has 2 heterocycles. The van der Waals surface area contributed by atoms with Gasteiger partial charge in [-0.05, 0) is 13.8 Å². The summed E-state index contributed by atoms with van der Waals surface area (Å²) in [6.07, 6.45) is 4.83. The average Bonchev–Trinajstić information content (AvgIpc) is 2.76. The van der Waals surface area contributed by atoms with Gasteiger partial charge >= 0.3 is 0 Å². The Hall–Kier alpha value is -1.45. The quantitative estimate of drug-likeness (QED) is 0.787. The van der Waals surface area contributed by atoms with Crippen LogP contribution in [-0.4, -0.2) is 65.5 Å². The molecule has 1 aliphatic rings. The van der Waals surface area contributed by atoms with Gasteiger partial charge in [-0.25, -0.2) is 17.7 Å². The van der Waals surface area contributed by atoms with Crippen LogP contribution in [0.1, 0.15) is 25.7 Å². The van der Waals surface area contributed by atoms with E-state index in [1.807, 2.05) is 11.1 Å². The third-order valence-electron chi connectivity index (χ3n) is 4.11. The lowest BCUT2D eigenvalue weighted by atomic mass is 10.1. The number of carbonyl (C=O) groups excluding carboxylic acids is 1. The van der Waals surface area contributed by atoms with Crippen molar-refractivity contribution >= 4 is 15.9 Å². The largest absolute Gasteiger partial charge is 0.369 e. The van der Waals surface area contributed by atoms with Crippen molar-refractivity contribution in [3.63, 3.8) is 0 Å². The highest BCUT2D eigenvalue weighted by molar-refractivity contribution is 7.88. The second-order valence-electron chi connectivity index (χ2n) is 6.30. The summed E-state index contributed by atoms with van der Waals surface area (Å²) in [5.74, 6) is -0.0940. The van der Waals surface area contributed by atoms with Gasteiger partial charge in [-0.3, -0.25) is 9.69 Å². The molecule has 8 nitrogen and oxygen atoms in total. The number of nitrogens with two attached hydrogens (primary N) is 1. The summed E-state index contributed by atoms with van der Waals surface area (Å²) in [6.45, 7) is 6.19. The van der Waals surface area contributed by atoms with Crippen LogP contribution in [0.4, 0.5) is 0 Å². The second kappa shape index (κ2) is 6.98. The molecule has 0 unspecified atom stereocenters. The molecule has 0 aliphatic carbocycles. The van der Waals surface area contributed by atoms with Gasteiger partial charge in [-0.15, -0.1) is 0 Å². The van der Waals surface area contributed by atoms with Crippen LogP contribution in [0.2, 0.25) is 0 Å². The molecule has 1 fully saturated rings. The highest BCUT2D eigenvalue weighted by Gasteiger charge is 2.31. The van der Waals surface area contributed by atoms with Crippen molar-refractivity contribution in [2.75, 3.05) is 32.4 Å². The fourth-order valence-corrected chi connectivity index (χ4v) is 3.68. The lowest BCUT2D eigenvalue weighted by molar-refractivity contribution is -0.122. The Kier molecular flexibility index (Phi) is 5.43. The van der Waals surface area contributed by atoms with Crippen molar-refractivity contribution in [1.29, 1.82) is 0 Å². The summed E-state index contributed by atoms with van der Waals surface area (Å²) >= 11 is 0. The Morgan fingerprint density at radius 1 is 1.39 bits per heavy atom. The minimum atomic E-state index is -3.34. The molecule has 23 heavy (non-hydrogen) atoms. The first kappa shape index (κ1) is 17.9. The van der Waals surface area contributed by atoms with Crippen LogP contribution in [-0.2, 0) is 21.4 Å². The first-order valence-electron chi connectivity index (χ1n) is 7.67. The zero-order chi connectivity index (χ0) is 17.2. The Morgan fingerprint density at radius 2 is 2.09 bits per heavy atom. The molecule has 1 aliphatic heterocycles. The number of hydrogen-bond acceptors (Lipinski definition) is 5. The monoisotopic (exact) mass is 343 g/mol. The predicted octanol–water partition coefficient (Wildman–Crippen LogP) is -0.357. The van der Waals surface area contributed by atoms with Crippen LogP contribution in [0.5, 0.6) is 0 Å². The molecule has 1 aromatic heterocycles. The Balaban J connectivity index is 2.16. The van der Waals surface area contributed by atoms with Crippen molar-refractivity contribution in [2.45, 2.75) is 26.4 Å². The van der Waals surface area contributed by atoms with Gasteiger partial charge in [0.25, 0.3) is 0 Å². The summed E-state index contributed by atoms with van der Waals surface area (Å²) in [5.41, 5.74) is 5.45. The maximum Gasteiger partial charge on any atom is 0.223 e. The van der Waals surface area contributed by atoms with E-state index >= 15 is 0 Å². The van der Waals surface area contributed by atoms with Crippen LogP contribution in [0.3, 0.4) is 0 Å². The van der Waals surface area contributed by atoms with E-state index in [-0.39, 0.29) is 6.54 Å².